The Hall–Kier alpha value is -3.55. The number of aryl methyl sites for hydroxylation is 2. The first kappa shape index (κ1) is 21.7. The minimum atomic E-state index is -4.17. The summed E-state index contributed by atoms with van der Waals surface area (Å²) in [6, 6.07) is 12.0. The van der Waals surface area contributed by atoms with Gasteiger partial charge in [-0.3, -0.25) is 4.79 Å². The van der Waals surface area contributed by atoms with Gasteiger partial charge in [-0.25, -0.2) is 4.98 Å². The summed E-state index contributed by atoms with van der Waals surface area (Å²) in [7, 11) is 0. The highest BCUT2D eigenvalue weighted by Gasteiger charge is 2.27. The van der Waals surface area contributed by atoms with Gasteiger partial charge in [0.15, 0.2) is 5.78 Å². The van der Waals surface area contributed by atoms with Crippen molar-refractivity contribution in [3.63, 3.8) is 0 Å². The molecule has 1 aliphatic heterocycles. The fraction of sp³-hybridized carbons (Fsp3) is 0.250. The number of benzene rings is 2. The lowest BCUT2D eigenvalue weighted by molar-refractivity contribution is -0.135. The van der Waals surface area contributed by atoms with E-state index in [0.29, 0.717) is 28.4 Å². The molecule has 4 rings (SSSR count). The topological polar surface area (TPSA) is 74.2 Å². The summed E-state index contributed by atoms with van der Waals surface area (Å²) in [5.41, 5.74) is 4.70. The van der Waals surface area contributed by atoms with Crippen molar-refractivity contribution in [3.05, 3.63) is 70.9 Å². The second-order valence-electron chi connectivity index (χ2n) is 7.89. The molecule has 8 heteroatoms. The van der Waals surface area contributed by atoms with Crippen molar-refractivity contribution in [1.29, 1.82) is 0 Å². The molecule has 32 heavy (non-hydrogen) atoms. The van der Waals surface area contributed by atoms with Crippen LogP contribution in [0.5, 0.6) is 5.75 Å². The third-order valence-electron chi connectivity index (χ3n) is 5.42. The molecule has 0 atom stereocenters. The summed E-state index contributed by atoms with van der Waals surface area (Å²) in [6.45, 7) is 1.89. The number of fused-ring (bicyclic) bond motifs is 2. The number of pyridine rings is 1. The van der Waals surface area contributed by atoms with Crippen LogP contribution in [0.25, 0.3) is 0 Å². The predicted molar refractivity (Wildman–Crippen MR) is 117 cm³/mol. The van der Waals surface area contributed by atoms with Crippen LogP contribution in [0.3, 0.4) is 0 Å². The van der Waals surface area contributed by atoms with Crippen LogP contribution in [0.1, 0.15) is 39.9 Å². The Morgan fingerprint density at radius 2 is 1.94 bits per heavy atom. The molecule has 5 nitrogen and oxygen atoms in total. The van der Waals surface area contributed by atoms with Crippen molar-refractivity contribution < 1.29 is 23.1 Å². The summed E-state index contributed by atoms with van der Waals surface area (Å²) < 4.78 is 37.3. The number of ketones is 1. The Balaban J connectivity index is 1.60. The smallest absolute Gasteiger partial charge is 0.389 e. The van der Waals surface area contributed by atoms with E-state index in [1.807, 2.05) is 6.92 Å². The summed E-state index contributed by atoms with van der Waals surface area (Å²) in [5, 5.41) is 16.2. The largest absolute Gasteiger partial charge is 0.508 e. The molecule has 3 aromatic rings. The van der Waals surface area contributed by atoms with E-state index in [4.69, 9.17) is 0 Å². The minimum Gasteiger partial charge on any atom is -0.508 e. The van der Waals surface area contributed by atoms with Gasteiger partial charge < -0.3 is 15.7 Å². The summed E-state index contributed by atoms with van der Waals surface area (Å²) in [5.74, 6) is 0.349. The number of rotatable bonds is 5. The van der Waals surface area contributed by atoms with Crippen LogP contribution in [-0.2, 0) is 12.8 Å². The second kappa shape index (κ2) is 8.53. The predicted octanol–water partition coefficient (Wildman–Crippen LogP) is 6.21. The third-order valence-corrected chi connectivity index (χ3v) is 5.42. The van der Waals surface area contributed by atoms with E-state index in [0.717, 1.165) is 16.7 Å². The van der Waals surface area contributed by atoms with E-state index in [-0.39, 0.29) is 30.8 Å². The molecular formula is C24H22F3N3O2. The lowest BCUT2D eigenvalue weighted by atomic mass is 9.99. The molecule has 0 fully saturated rings. The van der Waals surface area contributed by atoms with Crippen LogP contribution >= 0.6 is 0 Å². The zero-order valence-electron chi connectivity index (χ0n) is 17.4. The van der Waals surface area contributed by atoms with Crippen LogP contribution in [0.4, 0.5) is 36.1 Å². The van der Waals surface area contributed by atoms with Crippen molar-refractivity contribution >= 4 is 28.7 Å². The van der Waals surface area contributed by atoms with Gasteiger partial charge in [0.05, 0.1) is 11.3 Å². The summed E-state index contributed by atoms with van der Waals surface area (Å²) >= 11 is 0. The number of aromatic hydroxyl groups is 1. The molecule has 0 radical (unpaired) electrons. The number of phenols is 1. The molecule has 3 N–H and O–H groups in total. The van der Waals surface area contributed by atoms with Gasteiger partial charge in [0.2, 0.25) is 0 Å². The highest BCUT2D eigenvalue weighted by atomic mass is 19.4. The molecule has 0 saturated carbocycles. The van der Waals surface area contributed by atoms with Gasteiger partial charge in [-0.1, -0.05) is 18.2 Å². The number of nitrogens with zero attached hydrogens (tertiary/aromatic N) is 1. The molecule has 166 valence electrons. The molecule has 1 aliphatic rings. The molecule has 0 spiro atoms. The maximum absolute atomic E-state index is 13.2. The number of phenolic OH excluding ortho intramolecular Hbond substituents is 1. The normalized spacial score (nSPS) is 13.1. The van der Waals surface area contributed by atoms with Crippen LogP contribution in [0.2, 0.25) is 0 Å². The van der Waals surface area contributed by atoms with E-state index < -0.39 is 12.6 Å². The summed E-state index contributed by atoms with van der Waals surface area (Å²) in [4.78, 5) is 17.5. The number of hydrogen-bond donors (Lipinski definition) is 3. The lowest BCUT2D eigenvalue weighted by Crippen LogP contribution is -2.08. The zero-order valence-corrected chi connectivity index (χ0v) is 17.4. The first-order chi connectivity index (χ1) is 15.2. The Labute approximate surface area is 183 Å². The number of aromatic nitrogens is 1. The van der Waals surface area contributed by atoms with Gasteiger partial charge in [-0.15, -0.1) is 0 Å². The number of alkyl halides is 3. The molecule has 0 unspecified atom stereocenters. The molecule has 0 bridgehead atoms. The number of nitrogens with one attached hydrogen (secondary N) is 2. The first-order valence-electron chi connectivity index (χ1n) is 10.2. The average molecular weight is 441 g/mol. The number of anilines is 4. The Morgan fingerprint density at radius 3 is 2.72 bits per heavy atom. The molecule has 2 heterocycles. The lowest BCUT2D eigenvalue weighted by Gasteiger charge is -2.15. The monoisotopic (exact) mass is 441 g/mol. The van der Waals surface area contributed by atoms with Crippen LogP contribution in [-0.4, -0.2) is 22.1 Å². The maximum atomic E-state index is 13.2. The van der Waals surface area contributed by atoms with Gasteiger partial charge in [0.25, 0.3) is 0 Å². The number of halogens is 3. The van der Waals surface area contributed by atoms with Crippen molar-refractivity contribution in [2.24, 2.45) is 0 Å². The highest BCUT2D eigenvalue weighted by Crippen LogP contribution is 2.35. The average Bonchev–Trinajstić information content (AvgIpc) is 2.85. The van der Waals surface area contributed by atoms with Gasteiger partial charge in [-0.2, -0.15) is 13.2 Å². The van der Waals surface area contributed by atoms with Crippen LogP contribution in [0, 0.1) is 6.92 Å². The molecular weight excluding hydrogens is 419 g/mol. The van der Waals surface area contributed by atoms with Gasteiger partial charge in [0.1, 0.15) is 11.6 Å². The van der Waals surface area contributed by atoms with Crippen molar-refractivity contribution in [3.8, 4) is 5.75 Å². The maximum Gasteiger partial charge on any atom is 0.389 e. The van der Waals surface area contributed by atoms with E-state index in [1.165, 1.54) is 0 Å². The minimum absolute atomic E-state index is 0.00276. The Kier molecular flexibility index (Phi) is 5.78. The number of carbonyl (C=O) groups is 1. The van der Waals surface area contributed by atoms with Crippen LogP contribution in [0.15, 0.2) is 48.7 Å². The van der Waals surface area contributed by atoms with Gasteiger partial charge in [-0.05, 0) is 54.7 Å². The SMILES string of the molecule is Cc1ccc(O)cc1Nc1ccnc2c1C(=O)Cc1cc(CCCC(F)(F)F)ccc1N2. The quantitative estimate of drug-likeness (QED) is 0.439. The third kappa shape index (κ3) is 4.85. The number of hydrogen-bond acceptors (Lipinski definition) is 5. The summed E-state index contributed by atoms with van der Waals surface area (Å²) in [6.07, 6.45) is -3.04. The van der Waals surface area contributed by atoms with Crippen molar-refractivity contribution in [1.82, 2.24) is 4.98 Å². The van der Waals surface area contributed by atoms with Crippen LogP contribution < -0.4 is 10.6 Å². The number of carbonyl (C=O) groups excluding carboxylic acids is 1. The van der Waals surface area contributed by atoms with Gasteiger partial charge >= 0.3 is 6.18 Å². The van der Waals surface area contributed by atoms with Crippen molar-refractivity contribution in [2.75, 3.05) is 10.6 Å². The zero-order chi connectivity index (χ0) is 22.9. The molecule has 0 saturated heterocycles. The second-order valence-corrected chi connectivity index (χ2v) is 7.89. The van der Waals surface area contributed by atoms with Crippen molar-refractivity contribution in [2.45, 2.75) is 38.8 Å². The molecule has 2 aromatic carbocycles. The molecule has 0 amide bonds. The van der Waals surface area contributed by atoms with Gasteiger partial charge in [0, 0.05) is 36.5 Å². The van der Waals surface area contributed by atoms with E-state index in [9.17, 15) is 23.1 Å². The van der Waals surface area contributed by atoms with E-state index in [1.54, 1.807) is 48.7 Å². The first-order valence-corrected chi connectivity index (χ1v) is 10.2. The standard InChI is InChI=1S/C24H22F3N3O2/c1-14-4-6-17(31)13-20(14)29-19-8-10-28-23-22(19)21(32)12-16-11-15(5-7-18(16)30-23)3-2-9-24(25,26)27/h4-8,10-11,13,31H,2-3,9,12H2,1H3,(H2,28,29,30). The fourth-order valence-electron chi connectivity index (χ4n) is 3.79. The highest BCUT2D eigenvalue weighted by molar-refractivity contribution is 6.09. The Morgan fingerprint density at radius 1 is 1.12 bits per heavy atom. The Bertz CT molecular complexity index is 1180. The van der Waals surface area contributed by atoms with E-state index >= 15 is 0 Å². The van der Waals surface area contributed by atoms with E-state index in [2.05, 4.69) is 15.6 Å². The number of Topliss-reactive ketones (excluding diaryl/α,β-unsaturated/α-hetero) is 1. The fourth-order valence-corrected chi connectivity index (χ4v) is 3.79. The molecule has 1 aromatic heterocycles. The molecule has 0 aliphatic carbocycles.